The summed E-state index contributed by atoms with van der Waals surface area (Å²) in [5.41, 5.74) is 2.29. The summed E-state index contributed by atoms with van der Waals surface area (Å²) in [6, 6.07) is 4.05. The van der Waals surface area contributed by atoms with Crippen LogP contribution in [0.25, 0.3) is 0 Å². The maximum absolute atomic E-state index is 5.64. The van der Waals surface area contributed by atoms with Gasteiger partial charge in [0.2, 0.25) is 5.88 Å². The molecule has 1 saturated carbocycles. The molecule has 0 radical (unpaired) electrons. The summed E-state index contributed by atoms with van der Waals surface area (Å²) in [6.07, 6.45) is 3.95. The van der Waals surface area contributed by atoms with Gasteiger partial charge in [-0.2, -0.15) is 0 Å². The van der Waals surface area contributed by atoms with Crippen molar-refractivity contribution in [2.24, 2.45) is 5.92 Å². The summed E-state index contributed by atoms with van der Waals surface area (Å²) >= 11 is 0. The Balaban J connectivity index is 1.86. The minimum absolute atomic E-state index is 0.762. The second kappa shape index (κ2) is 5.30. The predicted molar refractivity (Wildman–Crippen MR) is 64.6 cm³/mol. The summed E-state index contributed by atoms with van der Waals surface area (Å²) in [6.45, 7) is 3.70. The second-order valence-corrected chi connectivity index (χ2v) is 4.50. The van der Waals surface area contributed by atoms with E-state index in [4.69, 9.17) is 4.74 Å². The molecule has 0 unspecified atom stereocenters. The first-order chi connectivity index (χ1) is 7.79. The lowest BCUT2D eigenvalue weighted by atomic mass is 10.2. The van der Waals surface area contributed by atoms with Crippen molar-refractivity contribution in [2.45, 2.75) is 32.7 Å². The number of aromatic nitrogens is 1. The third-order valence-electron chi connectivity index (χ3n) is 3.01. The SMILES string of the molecule is CNCc1ccc(OCCC2CC2)nc1C. The van der Waals surface area contributed by atoms with E-state index in [1.807, 2.05) is 20.0 Å². The number of hydrogen-bond donors (Lipinski definition) is 1. The first kappa shape index (κ1) is 11.4. The molecule has 1 aromatic heterocycles. The number of ether oxygens (including phenoxy) is 1. The topological polar surface area (TPSA) is 34.1 Å². The molecule has 1 N–H and O–H groups in total. The quantitative estimate of drug-likeness (QED) is 0.798. The number of pyridine rings is 1. The van der Waals surface area contributed by atoms with Crippen molar-refractivity contribution in [1.82, 2.24) is 10.3 Å². The summed E-state index contributed by atoms with van der Waals surface area (Å²) in [5.74, 6) is 1.68. The molecule has 0 spiro atoms. The Bertz CT molecular complexity index is 348. The molecule has 0 aliphatic heterocycles. The van der Waals surface area contributed by atoms with Gasteiger partial charge >= 0.3 is 0 Å². The van der Waals surface area contributed by atoms with Gasteiger partial charge in [-0.15, -0.1) is 0 Å². The normalized spacial score (nSPS) is 15.1. The van der Waals surface area contributed by atoms with Gasteiger partial charge in [0.05, 0.1) is 6.61 Å². The van der Waals surface area contributed by atoms with E-state index in [1.54, 1.807) is 0 Å². The lowest BCUT2D eigenvalue weighted by Gasteiger charge is -2.08. The highest BCUT2D eigenvalue weighted by molar-refractivity contribution is 5.24. The molecule has 0 saturated heterocycles. The third kappa shape index (κ3) is 3.20. The van der Waals surface area contributed by atoms with E-state index in [9.17, 15) is 0 Å². The molecule has 1 aliphatic carbocycles. The van der Waals surface area contributed by atoms with Crippen LogP contribution in [0.3, 0.4) is 0 Å². The average Bonchev–Trinajstić information content (AvgIpc) is 3.06. The van der Waals surface area contributed by atoms with Crippen molar-refractivity contribution in [3.63, 3.8) is 0 Å². The first-order valence-corrected chi connectivity index (χ1v) is 6.03. The van der Waals surface area contributed by atoms with Crippen molar-refractivity contribution < 1.29 is 4.74 Å². The van der Waals surface area contributed by atoms with Gasteiger partial charge in [-0.3, -0.25) is 0 Å². The smallest absolute Gasteiger partial charge is 0.213 e. The first-order valence-electron chi connectivity index (χ1n) is 6.03. The average molecular weight is 220 g/mol. The van der Waals surface area contributed by atoms with Gasteiger partial charge in [-0.25, -0.2) is 4.98 Å². The number of nitrogens with zero attached hydrogens (tertiary/aromatic N) is 1. The Morgan fingerprint density at radius 3 is 2.88 bits per heavy atom. The van der Waals surface area contributed by atoms with Crippen molar-refractivity contribution >= 4 is 0 Å². The van der Waals surface area contributed by atoms with Crippen LogP contribution in [-0.4, -0.2) is 18.6 Å². The minimum Gasteiger partial charge on any atom is -0.478 e. The zero-order chi connectivity index (χ0) is 11.4. The molecular formula is C13H20N2O. The van der Waals surface area contributed by atoms with Crippen molar-refractivity contribution in [3.05, 3.63) is 23.4 Å². The molecule has 2 rings (SSSR count). The zero-order valence-corrected chi connectivity index (χ0v) is 10.1. The fourth-order valence-electron chi connectivity index (χ4n) is 1.76. The Labute approximate surface area is 97.2 Å². The van der Waals surface area contributed by atoms with Crippen LogP contribution in [-0.2, 0) is 6.54 Å². The fourth-order valence-corrected chi connectivity index (χ4v) is 1.76. The highest BCUT2D eigenvalue weighted by Crippen LogP contribution is 2.32. The van der Waals surface area contributed by atoms with Gasteiger partial charge in [0.15, 0.2) is 0 Å². The van der Waals surface area contributed by atoms with Crippen molar-refractivity contribution in [1.29, 1.82) is 0 Å². The van der Waals surface area contributed by atoms with Crippen LogP contribution in [0.2, 0.25) is 0 Å². The Morgan fingerprint density at radius 2 is 2.25 bits per heavy atom. The Kier molecular flexibility index (Phi) is 3.78. The lowest BCUT2D eigenvalue weighted by Crippen LogP contribution is -2.08. The number of aryl methyl sites for hydroxylation is 1. The molecule has 1 heterocycles. The largest absolute Gasteiger partial charge is 0.478 e. The Morgan fingerprint density at radius 1 is 1.44 bits per heavy atom. The van der Waals surface area contributed by atoms with Crippen LogP contribution >= 0.6 is 0 Å². The maximum atomic E-state index is 5.64. The van der Waals surface area contributed by atoms with Gasteiger partial charge in [0.25, 0.3) is 0 Å². The molecular weight excluding hydrogens is 200 g/mol. The van der Waals surface area contributed by atoms with E-state index in [2.05, 4.69) is 16.4 Å². The van der Waals surface area contributed by atoms with Crippen LogP contribution in [0.15, 0.2) is 12.1 Å². The second-order valence-electron chi connectivity index (χ2n) is 4.50. The summed E-state index contributed by atoms with van der Waals surface area (Å²) in [5, 5.41) is 3.13. The molecule has 1 aromatic rings. The minimum atomic E-state index is 0.762. The molecule has 3 nitrogen and oxygen atoms in total. The van der Waals surface area contributed by atoms with Crippen LogP contribution in [0.1, 0.15) is 30.5 Å². The molecule has 1 fully saturated rings. The van der Waals surface area contributed by atoms with E-state index in [1.165, 1.54) is 24.8 Å². The van der Waals surface area contributed by atoms with Crippen LogP contribution in [0, 0.1) is 12.8 Å². The zero-order valence-electron chi connectivity index (χ0n) is 10.1. The van der Waals surface area contributed by atoms with E-state index in [0.717, 1.165) is 30.6 Å². The molecule has 88 valence electrons. The van der Waals surface area contributed by atoms with Gasteiger partial charge in [0, 0.05) is 18.3 Å². The van der Waals surface area contributed by atoms with Crippen molar-refractivity contribution in [3.8, 4) is 5.88 Å². The van der Waals surface area contributed by atoms with Gasteiger partial charge in [-0.05, 0) is 31.9 Å². The molecule has 0 bridgehead atoms. The summed E-state index contributed by atoms with van der Waals surface area (Å²) < 4.78 is 5.64. The molecule has 3 heteroatoms. The van der Waals surface area contributed by atoms with Crippen molar-refractivity contribution in [2.75, 3.05) is 13.7 Å². The van der Waals surface area contributed by atoms with Crippen LogP contribution in [0.5, 0.6) is 5.88 Å². The monoisotopic (exact) mass is 220 g/mol. The summed E-state index contributed by atoms with van der Waals surface area (Å²) in [4.78, 5) is 4.45. The molecule has 0 atom stereocenters. The van der Waals surface area contributed by atoms with E-state index >= 15 is 0 Å². The van der Waals surface area contributed by atoms with E-state index < -0.39 is 0 Å². The van der Waals surface area contributed by atoms with Crippen LogP contribution < -0.4 is 10.1 Å². The van der Waals surface area contributed by atoms with Gasteiger partial charge in [-0.1, -0.05) is 18.9 Å². The molecule has 1 aliphatic rings. The molecule has 0 amide bonds. The highest BCUT2D eigenvalue weighted by atomic mass is 16.5. The third-order valence-corrected chi connectivity index (χ3v) is 3.01. The summed E-state index contributed by atoms with van der Waals surface area (Å²) in [7, 11) is 1.94. The van der Waals surface area contributed by atoms with Gasteiger partial charge < -0.3 is 10.1 Å². The van der Waals surface area contributed by atoms with E-state index in [0.29, 0.717) is 0 Å². The van der Waals surface area contributed by atoms with Crippen LogP contribution in [0.4, 0.5) is 0 Å². The standard InChI is InChI=1S/C13H20N2O/c1-10-12(9-14-2)5-6-13(15-10)16-8-7-11-3-4-11/h5-6,11,14H,3-4,7-9H2,1-2H3. The number of rotatable bonds is 6. The van der Waals surface area contributed by atoms with Gasteiger partial charge in [0.1, 0.15) is 0 Å². The lowest BCUT2D eigenvalue weighted by molar-refractivity contribution is 0.290. The fraction of sp³-hybridized carbons (Fsp3) is 0.615. The molecule has 16 heavy (non-hydrogen) atoms. The van der Waals surface area contributed by atoms with E-state index in [-0.39, 0.29) is 0 Å². The number of hydrogen-bond acceptors (Lipinski definition) is 3. The maximum Gasteiger partial charge on any atom is 0.213 e. The predicted octanol–water partition coefficient (Wildman–Crippen LogP) is 2.29. The highest BCUT2D eigenvalue weighted by Gasteiger charge is 2.20. The number of nitrogens with one attached hydrogen (secondary N) is 1. The Hall–Kier alpha value is -1.09. The molecule has 0 aromatic carbocycles.